The van der Waals surface area contributed by atoms with Crippen molar-refractivity contribution in [3.05, 3.63) is 101 Å². The number of methoxy groups -OCH3 is 1. The van der Waals surface area contributed by atoms with E-state index >= 15 is 0 Å². The highest BCUT2D eigenvalue weighted by Gasteiger charge is 2.51. The molecule has 1 atom stereocenters. The van der Waals surface area contributed by atoms with Crippen LogP contribution in [0.2, 0.25) is 0 Å². The number of hydrogen-bond acceptors (Lipinski definition) is 3. The average Bonchev–Trinajstić information content (AvgIpc) is 2.89. The summed E-state index contributed by atoms with van der Waals surface area (Å²) in [7, 11) is 1.78. The van der Waals surface area contributed by atoms with Gasteiger partial charge in [-0.3, -0.25) is 10.2 Å². The molecule has 3 aliphatic heterocycles. The van der Waals surface area contributed by atoms with Crippen LogP contribution in [0.5, 0.6) is 5.75 Å². The summed E-state index contributed by atoms with van der Waals surface area (Å²) in [6.07, 6.45) is 3.80. The van der Waals surface area contributed by atoms with E-state index in [1.807, 2.05) is 0 Å². The predicted octanol–water partition coefficient (Wildman–Crippen LogP) is 6.55. The Morgan fingerprint density at radius 1 is 0.882 bits per heavy atom. The molecule has 0 aromatic heterocycles. The zero-order valence-electron chi connectivity index (χ0n) is 20.8. The van der Waals surface area contributed by atoms with Gasteiger partial charge in [-0.05, 0) is 53.9 Å². The zero-order valence-corrected chi connectivity index (χ0v) is 20.8. The van der Waals surface area contributed by atoms with Crippen molar-refractivity contribution in [2.75, 3.05) is 20.2 Å². The third-order valence-corrected chi connectivity index (χ3v) is 8.08. The van der Waals surface area contributed by atoms with Gasteiger partial charge in [-0.2, -0.15) is 0 Å². The SMILES string of the molecule is COc1ccc(C(C)C)cc1CNC1(C(c2ccccc2)c2ccccc2)CC2CCN1CC2. The van der Waals surface area contributed by atoms with Crippen molar-refractivity contribution in [2.45, 2.75) is 57.2 Å². The van der Waals surface area contributed by atoms with Crippen LogP contribution >= 0.6 is 0 Å². The number of fused-ring (bicyclic) bond motifs is 3. The summed E-state index contributed by atoms with van der Waals surface area (Å²) in [4.78, 5) is 2.75. The van der Waals surface area contributed by atoms with Crippen LogP contribution in [0.25, 0.3) is 0 Å². The van der Waals surface area contributed by atoms with E-state index in [-0.39, 0.29) is 11.6 Å². The lowest BCUT2D eigenvalue weighted by Gasteiger charge is -2.58. The Labute approximate surface area is 205 Å². The lowest BCUT2D eigenvalue weighted by atomic mass is 9.69. The van der Waals surface area contributed by atoms with Crippen LogP contribution in [-0.4, -0.2) is 30.8 Å². The molecular weight excluding hydrogens is 416 g/mol. The minimum absolute atomic E-state index is 0.122. The van der Waals surface area contributed by atoms with Gasteiger partial charge in [0, 0.05) is 31.1 Å². The molecule has 1 unspecified atom stereocenters. The molecule has 3 nitrogen and oxygen atoms in total. The maximum absolute atomic E-state index is 5.79. The summed E-state index contributed by atoms with van der Waals surface area (Å²) in [6, 6.07) is 28.9. The van der Waals surface area contributed by atoms with Crippen molar-refractivity contribution in [3.8, 4) is 5.75 Å². The first kappa shape index (κ1) is 23.1. The molecule has 3 heteroatoms. The van der Waals surface area contributed by atoms with E-state index in [1.54, 1.807) is 7.11 Å². The summed E-state index contributed by atoms with van der Waals surface area (Å²) in [5, 5.41) is 4.17. The number of rotatable bonds is 8. The minimum Gasteiger partial charge on any atom is -0.496 e. The Kier molecular flexibility index (Phi) is 6.76. The molecular formula is C31H38N2O. The van der Waals surface area contributed by atoms with E-state index in [0.29, 0.717) is 5.92 Å². The molecule has 2 bridgehead atoms. The Hall–Kier alpha value is -2.62. The van der Waals surface area contributed by atoms with Gasteiger partial charge in [0.25, 0.3) is 0 Å². The van der Waals surface area contributed by atoms with Crippen molar-refractivity contribution in [3.63, 3.8) is 0 Å². The Balaban J connectivity index is 1.58. The highest BCUT2D eigenvalue weighted by Crippen LogP contribution is 2.48. The molecule has 3 heterocycles. The normalized spacial score (nSPS) is 24.0. The number of nitrogens with one attached hydrogen (secondary N) is 1. The van der Waals surface area contributed by atoms with Gasteiger partial charge in [-0.15, -0.1) is 0 Å². The first-order chi connectivity index (χ1) is 16.6. The molecule has 3 aromatic rings. The summed E-state index contributed by atoms with van der Waals surface area (Å²) in [5.41, 5.74) is 5.26. The quantitative estimate of drug-likeness (QED) is 0.417. The fourth-order valence-electron chi connectivity index (χ4n) is 6.27. The summed E-state index contributed by atoms with van der Waals surface area (Å²) in [6.45, 7) is 7.64. The van der Waals surface area contributed by atoms with Crippen molar-refractivity contribution >= 4 is 0 Å². The average molecular weight is 455 g/mol. The second kappa shape index (κ2) is 9.93. The monoisotopic (exact) mass is 454 g/mol. The van der Waals surface area contributed by atoms with Crippen LogP contribution in [-0.2, 0) is 6.54 Å². The smallest absolute Gasteiger partial charge is 0.123 e. The molecule has 0 aliphatic carbocycles. The van der Waals surface area contributed by atoms with Crippen molar-refractivity contribution < 1.29 is 4.74 Å². The fraction of sp³-hybridized carbons (Fsp3) is 0.419. The van der Waals surface area contributed by atoms with Crippen LogP contribution in [0, 0.1) is 5.92 Å². The molecule has 0 spiro atoms. The van der Waals surface area contributed by atoms with Gasteiger partial charge < -0.3 is 4.74 Å². The molecule has 0 amide bonds. The van der Waals surface area contributed by atoms with Crippen LogP contribution in [0.3, 0.4) is 0 Å². The van der Waals surface area contributed by atoms with Gasteiger partial charge in [0.1, 0.15) is 5.75 Å². The molecule has 178 valence electrons. The lowest BCUT2D eigenvalue weighted by molar-refractivity contribution is -0.0632. The molecule has 1 N–H and O–H groups in total. The lowest BCUT2D eigenvalue weighted by Crippen LogP contribution is -2.68. The molecule has 0 saturated carbocycles. The number of piperidine rings is 3. The van der Waals surface area contributed by atoms with E-state index < -0.39 is 0 Å². The molecule has 3 saturated heterocycles. The van der Waals surface area contributed by atoms with E-state index in [1.165, 1.54) is 41.5 Å². The number of ether oxygens (including phenoxy) is 1. The van der Waals surface area contributed by atoms with Crippen LogP contribution < -0.4 is 10.1 Å². The number of nitrogens with zero attached hydrogens (tertiary/aromatic N) is 1. The highest BCUT2D eigenvalue weighted by molar-refractivity contribution is 5.40. The molecule has 3 fully saturated rings. The maximum atomic E-state index is 5.79. The Bertz CT molecular complexity index is 1030. The largest absolute Gasteiger partial charge is 0.496 e. The highest BCUT2D eigenvalue weighted by atomic mass is 16.5. The van der Waals surface area contributed by atoms with Gasteiger partial charge in [0.15, 0.2) is 0 Å². The van der Waals surface area contributed by atoms with E-state index in [2.05, 4.69) is 103 Å². The molecule has 6 rings (SSSR count). The fourth-order valence-corrected chi connectivity index (χ4v) is 6.27. The minimum atomic E-state index is -0.122. The predicted molar refractivity (Wildman–Crippen MR) is 140 cm³/mol. The van der Waals surface area contributed by atoms with Crippen molar-refractivity contribution in [1.29, 1.82) is 0 Å². The first-order valence-electron chi connectivity index (χ1n) is 12.9. The molecule has 34 heavy (non-hydrogen) atoms. The molecule has 3 aromatic carbocycles. The third kappa shape index (κ3) is 4.39. The summed E-state index contributed by atoms with van der Waals surface area (Å²) < 4.78 is 5.79. The third-order valence-electron chi connectivity index (χ3n) is 8.08. The van der Waals surface area contributed by atoms with E-state index in [4.69, 9.17) is 4.74 Å². The molecule has 0 radical (unpaired) electrons. The van der Waals surface area contributed by atoms with Gasteiger partial charge >= 0.3 is 0 Å². The standard InChI is InChI=1S/C31H38N2O/c1-23(2)27-14-15-29(34-3)28(20-27)22-32-31(21-24-16-18-33(31)19-17-24)30(25-10-6-4-7-11-25)26-12-8-5-9-13-26/h4-15,20,23-24,30,32H,16-19,21-22H2,1-3H3. The van der Waals surface area contributed by atoms with Gasteiger partial charge in [0.2, 0.25) is 0 Å². The van der Waals surface area contributed by atoms with Crippen LogP contribution in [0.4, 0.5) is 0 Å². The zero-order chi connectivity index (χ0) is 23.5. The molecule has 3 aliphatic rings. The van der Waals surface area contributed by atoms with Gasteiger partial charge in [-0.1, -0.05) is 86.6 Å². The topological polar surface area (TPSA) is 24.5 Å². The van der Waals surface area contributed by atoms with Gasteiger partial charge in [-0.25, -0.2) is 0 Å². The van der Waals surface area contributed by atoms with Crippen molar-refractivity contribution in [1.82, 2.24) is 10.2 Å². The number of hydrogen-bond donors (Lipinski definition) is 1. The van der Waals surface area contributed by atoms with Crippen LogP contribution in [0.15, 0.2) is 78.9 Å². The van der Waals surface area contributed by atoms with Gasteiger partial charge in [0.05, 0.1) is 12.8 Å². The Morgan fingerprint density at radius 3 is 2.00 bits per heavy atom. The summed E-state index contributed by atoms with van der Waals surface area (Å²) in [5.74, 6) is 2.50. The second-order valence-electron chi connectivity index (χ2n) is 10.4. The number of benzene rings is 3. The van der Waals surface area contributed by atoms with E-state index in [9.17, 15) is 0 Å². The maximum Gasteiger partial charge on any atom is 0.123 e. The summed E-state index contributed by atoms with van der Waals surface area (Å²) >= 11 is 0. The first-order valence-corrected chi connectivity index (χ1v) is 12.9. The second-order valence-corrected chi connectivity index (χ2v) is 10.4. The van der Waals surface area contributed by atoms with Crippen molar-refractivity contribution in [2.24, 2.45) is 5.92 Å². The van der Waals surface area contributed by atoms with Crippen LogP contribution in [0.1, 0.15) is 67.2 Å². The Morgan fingerprint density at radius 2 is 1.50 bits per heavy atom. The van der Waals surface area contributed by atoms with E-state index in [0.717, 1.165) is 31.3 Å².